The van der Waals surface area contributed by atoms with Crippen LogP contribution >= 0.6 is 15.9 Å². The minimum Gasteiger partial charge on any atom is -0.389 e. The number of sulfonamides is 1. The molecule has 112 valence electrons. The lowest BCUT2D eigenvalue weighted by atomic mass is 9.97. The third kappa shape index (κ3) is 3.13. The van der Waals surface area contributed by atoms with Crippen LogP contribution in [0, 0.1) is 0 Å². The summed E-state index contributed by atoms with van der Waals surface area (Å²) in [6, 6.07) is 1.53. The molecule has 0 amide bonds. The lowest BCUT2D eigenvalue weighted by Crippen LogP contribution is -2.48. The molecular weight excluding hydrogens is 346 g/mol. The summed E-state index contributed by atoms with van der Waals surface area (Å²) < 4.78 is 27.4. The van der Waals surface area contributed by atoms with E-state index in [1.807, 2.05) is 0 Å². The fourth-order valence-electron chi connectivity index (χ4n) is 2.32. The summed E-state index contributed by atoms with van der Waals surface area (Å²) in [5.41, 5.74) is -0.982. The molecule has 1 atom stereocenters. The maximum Gasteiger partial charge on any atom is 0.246 e. The van der Waals surface area contributed by atoms with Gasteiger partial charge in [0.05, 0.1) is 5.60 Å². The summed E-state index contributed by atoms with van der Waals surface area (Å²) in [5, 5.41) is 12.9. The predicted octanol–water partition coefficient (Wildman–Crippen LogP) is 1.42. The number of anilines is 1. The Hall–Kier alpha value is -0.700. The highest BCUT2D eigenvalue weighted by Gasteiger charge is 2.36. The number of hydrogen-bond acceptors (Lipinski definition) is 5. The number of rotatable bonds is 3. The van der Waals surface area contributed by atoms with E-state index in [-0.39, 0.29) is 11.4 Å². The summed E-state index contributed by atoms with van der Waals surface area (Å²) in [5.74, 6) is 0.304. The molecule has 0 radical (unpaired) electrons. The quantitative estimate of drug-likeness (QED) is 0.848. The van der Waals surface area contributed by atoms with Gasteiger partial charge in [-0.15, -0.1) is 0 Å². The van der Waals surface area contributed by atoms with Gasteiger partial charge in [-0.2, -0.15) is 4.31 Å². The molecule has 1 fully saturated rings. The van der Waals surface area contributed by atoms with Crippen LogP contribution < -0.4 is 5.32 Å². The Bertz CT molecular complexity index is 604. The third-order valence-electron chi connectivity index (χ3n) is 3.31. The molecule has 0 aromatic carbocycles. The Morgan fingerprint density at radius 1 is 1.55 bits per heavy atom. The first-order valence-corrected chi connectivity index (χ1v) is 8.55. The fraction of sp³-hybridized carbons (Fsp3) is 0.583. The molecule has 2 N–H and O–H groups in total. The van der Waals surface area contributed by atoms with Crippen LogP contribution in [0.3, 0.4) is 0 Å². The van der Waals surface area contributed by atoms with Crippen LogP contribution in [0.15, 0.2) is 21.6 Å². The van der Waals surface area contributed by atoms with Crippen LogP contribution in [-0.2, 0) is 10.0 Å². The van der Waals surface area contributed by atoms with E-state index in [4.69, 9.17) is 0 Å². The monoisotopic (exact) mass is 363 g/mol. The smallest absolute Gasteiger partial charge is 0.246 e. The molecule has 1 aromatic heterocycles. The summed E-state index contributed by atoms with van der Waals surface area (Å²) in [6.45, 7) is 2.17. The number of nitrogens with zero attached hydrogens (tertiary/aromatic N) is 2. The standard InChI is InChI=1S/C12H18BrN3O3S/c1-12(17)4-3-5-16(8-12)20(18,19)10-6-9(13)7-15-11(10)14-2/h6-7,17H,3-5,8H2,1-2H3,(H,14,15). The van der Waals surface area contributed by atoms with Gasteiger partial charge < -0.3 is 10.4 Å². The molecule has 20 heavy (non-hydrogen) atoms. The number of hydrogen-bond donors (Lipinski definition) is 2. The molecule has 0 saturated carbocycles. The Kier molecular flexibility index (Phi) is 4.38. The van der Waals surface area contributed by atoms with Crippen molar-refractivity contribution in [3.63, 3.8) is 0 Å². The van der Waals surface area contributed by atoms with E-state index in [0.29, 0.717) is 29.7 Å². The Labute approximate surface area is 127 Å². The van der Waals surface area contributed by atoms with Crippen molar-refractivity contribution in [1.29, 1.82) is 0 Å². The first-order chi connectivity index (χ1) is 9.26. The maximum absolute atomic E-state index is 12.7. The molecule has 0 bridgehead atoms. The molecule has 6 nitrogen and oxygen atoms in total. The number of piperidine rings is 1. The van der Waals surface area contributed by atoms with Crippen molar-refractivity contribution >= 4 is 31.8 Å². The zero-order valence-corrected chi connectivity index (χ0v) is 13.8. The van der Waals surface area contributed by atoms with E-state index in [1.54, 1.807) is 14.0 Å². The lowest BCUT2D eigenvalue weighted by Gasteiger charge is -2.36. The number of β-amino-alcohol motifs (C(OH)–C–C–N with tert-alkyl or cyclic N) is 1. The molecule has 1 aliphatic rings. The van der Waals surface area contributed by atoms with Gasteiger partial charge in [-0.3, -0.25) is 0 Å². The van der Waals surface area contributed by atoms with E-state index in [0.717, 1.165) is 0 Å². The number of aromatic nitrogens is 1. The van der Waals surface area contributed by atoms with Crippen molar-refractivity contribution in [3.8, 4) is 0 Å². The highest BCUT2D eigenvalue weighted by molar-refractivity contribution is 9.10. The summed E-state index contributed by atoms with van der Waals surface area (Å²) in [6.07, 6.45) is 2.79. The van der Waals surface area contributed by atoms with E-state index >= 15 is 0 Å². The second kappa shape index (κ2) is 5.59. The fourth-order valence-corrected chi connectivity index (χ4v) is 4.58. The molecule has 0 aliphatic carbocycles. The molecule has 1 unspecified atom stereocenters. The first-order valence-electron chi connectivity index (χ1n) is 6.32. The van der Waals surface area contributed by atoms with E-state index in [2.05, 4.69) is 26.2 Å². The summed E-state index contributed by atoms with van der Waals surface area (Å²) in [7, 11) is -2.05. The SMILES string of the molecule is CNc1ncc(Br)cc1S(=O)(=O)N1CCCC(C)(O)C1. The highest BCUT2D eigenvalue weighted by Crippen LogP contribution is 2.30. The number of nitrogens with one attached hydrogen (secondary N) is 1. The van der Waals surface area contributed by atoms with Gasteiger partial charge >= 0.3 is 0 Å². The van der Waals surface area contributed by atoms with E-state index in [9.17, 15) is 13.5 Å². The molecule has 1 aromatic rings. The van der Waals surface area contributed by atoms with E-state index < -0.39 is 15.6 Å². The van der Waals surface area contributed by atoms with Gasteiger partial charge in [-0.05, 0) is 41.8 Å². The van der Waals surface area contributed by atoms with Crippen LogP contribution in [0.5, 0.6) is 0 Å². The van der Waals surface area contributed by atoms with Crippen molar-refractivity contribution in [2.75, 3.05) is 25.5 Å². The second-order valence-electron chi connectivity index (χ2n) is 5.19. The molecule has 0 spiro atoms. The highest BCUT2D eigenvalue weighted by atomic mass is 79.9. The Morgan fingerprint density at radius 2 is 2.25 bits per heavy atom. The Morgan fingerprint density at radius 3 is 2.85 bits per heavy atom. The third-order valence-corrected chi connectivity index (χ3v) is 5.61. The van der Waals surface area contributed by atoms with Crippen LogP contribution in [0.4, 0.5) is 5.82 Å². The molecule has 1 aliphatic heterocycles. The van der Waals surface area contributed by atoms with Gasteiger partial charge in [0.15, 0.2) is 0 Å². The van der Waals surface area contributed by atoms with Crippen molar-refractivity contribution < 1.29 is 13.5 Å². The average molecular weight is 364 g/mol. The topological polar surface area (TPSA) is 82.5 Å². The van der Waals surface area contributed by atoms with Gasteiger partial charge in [-0.1, -0.05) is 0 Å². The maximum atomic E-state index is 12.7. The second-order valence-corrected chi connectivity index (χ2v) is 8.01. The summed E-state index contributed by atoms with van der Waals surface area (Å²) in [4.78, 5) is 4.19. The molecule has 8 heteroatoms. The van der Waals surface area contributed by atoms with Crippen LogP contribution in [-0.4, -0.2) is 48.6 Å². The summed E-state index contributed by atoms with van der Waals surface area (Å²) >= 11 is 3.24. The van der Waals surface area contributed by atoms with Crippen molar-refractivity contribution in [1.82, 2.24) is 9.29 Å². The predicted molar refractivity (Wildman–Crippen MR) is 80.1 cm³/mol. The lowest BCUT2D eigenvalue weighted by molar-refractivity contribution is 0.00940. The Balaban J connectivity index is 2.42. The number of pyridine rings is 1. The van der Waals surface area contributed by atoms with Gasteiger partial charge in [0.1, 0.15) is 10.7 Å². The molecule has 2 heterocycles. The van der Waals surface area contributed by atoms with Crippen molar-refractivity contribution in [3.05, 3.63) is 16.7 Å². The average Bonchev–Trinajstić information content (AvgIpc) is 2.37. The van der Waals surface area contributed by atoms with Crippen LogP contribution in [0.1, 0.15) is 19.8 Å². The van der Waals surface area contributed by atoms with E-state index in [1.165, 1.54) is 16.6 Å². The van der Waals surface area contributed by atoms with Gasteiger partial charge in [0, 0.05) is 30.8 Å². The zero-order chi connectivity index (χ0) is 15.0. The minimum absolute atomic E-state index is 0.102. The van der Waals surface area contributed by atoms with Crippen LogP contribution in [0.2, 0.25) is 0 Å². The normalized spacial score (nSPS) is 24.6. The number of aliphatic hydroxyl groups is 1. The van der Waals surface area contributed by atoms with Crippen molar-refractivity contribution in [2.24, 2.45) is 0 Å². The molecule has 1 saturated heterocycles. The zero-order valence-electron chi connectivity index (χ0n) is 11.4. The van der Waals surface area contributed by atoms with Gasteiger partial charge in [0.25, 0.3) is 0 Å². The molecule has 2 rings (SSSR count). The van der Waals surface area contributed by atoms with Gasteiger partial charge in [-0.25, -0.2) is 13.4 Å². The number of halogens is 1. The van der Waals surface area contributed by atoms with Gasteiger partial charge in [0.2, 0.25) is 10.0 Å². The van der Waals surface area contributed by atoms with Crippen molar-refractivity contribution in [2.45, 2.75) is 30.3 Å². The molecular formula is C12H18BrN3O3S. The minimum atomic E-state index is -3.68. The van der Waals surface area contributed by atoms with Crippen LogP contribution in [0.25, 0.3) is 0 Å². The largest absolute Gasteiger partial charge is 0.389 e. The first kappa shape index (κ1) is 15.7.